The lowest BCUT2D eigenvalue weighted by molar-refractivity contribution is -0.127. The Morgan fingerprint density at radius 3 is 2.79 bits per heavy atom. The van der Waals surface area contributed by atoms with E-state index in [9.17, 15) is 4.79 Å². The Balaban J connectivity index is 2.99. The first kappa shape index (κ1) is 15.0. The predicted octanol–water partition coefficient (Wildman–Crippen LogP) is 2.10. The molecular weight excluding hydrogens is 244 g/mol. The zero-order valence-corrected chi connectivity index (χ0v) is 11.7. The Labute approximate surface area is 113 Å². The van der Waals surface area contributed by atoms with Crippen LogP contribution in [0.4, 0.5) is 0 Å². The van der Waals surface area contributed by atoms with Crippen LogP contribution in [0.2, 0.25) is 0 Å². The third-order valence-corrected chi connectivity index (χ3v) is 2.70. The van der Waals surface area contributed by atoms with Gasteiger partial charge in [-0.15, -0.1) is 0 Å². The Bertz CT molecular complexity index is 484. The van der Waals surface area contributed by atoms with Gasteiger partial charge in [-0.25, -0.2) is 0 Å². The van der Waals surface area contributed by atoms with Crippen LogP contribution < -0.4 is 10.1 Å². The molecule has 0 aliphatic heterocycles. The molecule has 1 atom stereocenters. The van der Waals surface area contributed by atoms with E-state index < -0.39 is 6.10 Å². The van der Waals surface area contributed by atoms with Gasteiger partial charge in [0, 0.05) is 12.1 Å². The minimum Gasteiger partial charge on any atom is -0.480 e. The molecule has 0 fully saturated rings. The number of aryl methyl sites for hydroxylation is 1. The fourth-order valence-electron chi connectivity index (χ4n) is 1.64. The van der Waals surface area contributed by atoms with Crippen LogP contribution >= 0.6 is 0 Å². The molecule has 19 heavy (non-hydrogen) atoms. The summed E-state index contributed by atoms with van der Waals surface area (Å²) in [6.45, 7) is 7.70. The molecule has 5 nitrogen and oxygen atoms in total. The topological polar surface area (TPSA) is 70.9 Å². The Kier molecular flexibility index (Phi) is 5.36. The molecule has 0 aromatic heterocycles. The van der Waals surface area contributed by atoms with Crippen molar-refractivity contribution in [3.63, 3.8) is 0 Å². The number of rotatable bonds is 5. The van der Waals surface area contributed by atoms with Gasteiger partial charge >= 0.3 is 0 Å². The van der Waals surface area contributed by atoms with Crippen molar-refractivity contribution in [2.45, 2.75) is 33.8 Å². The number of nitrogens with one attached hydrogen (secondary N) is 1. The van der Waals surface area contributed by atoms with E-state index in [1.165, 1.54) is 0 Å². The summed E-state index contributed by atoms with van der Waals surface area (Å²) in [7, 11) is 0. The van der Waals surface area contributed by atoms with Crippen molar-refractivity contribution in [2.75, 3.05) is 6.54 Å². The summed E-state index contributed by atoms with van der Waals surface area (Å²) < 4.78 is 5.66. The van der Waals surface area contributed by atoms with E-state index in [4.69, 9.17) is 9.94 Å². The van der Waals surface area contributed by atoms with E-state index in [2.05, 4.69) is 10.5 Å². The number of benzene rings is 1. The summed E-state index contributed by atoms with van der Waals surface area (Å²) >= 11 is 0. The fraction of sp³-hybridized carbons (Fsp3) is 0.429. The first-order valence-corrected chi connectivity index (χ1v) is 6.23. The van der Waals surface area contributed by atoms with Gasteiger partial charge < -0.3 is 15.3 Å². The molecule has 1 aromatic rings. The number of oxime groups is 1. The van der Waals surface area contributed by atoms with Crippen LogP contribution in [-0.2, 0) is 4.79 Å². The number of hydrogen-bond donors (Lipinski definition) is 2. The first-order valence-electron chi connectivity index (χ1n) is 6.23. The molecule has 1 aromatic carbocycles. The lowest BCUT2D eigenvalue weighted by atomic mass is 10.1. The van der Waals surface area contributed by atoms with Gasteiger partial charge in [0.25, 0.3) is 5.91 Å². The second-order valence-corrected chi connectivity index (χ2v) is 4.34. The fourth-order valence-corrected chi connectivity index (χ4v) is 1.64. The SMILES string of the molecule is CCNC(=O)C(C)Oc1cc(C)ccc1C(C)=NO. The maximum atomic E-state index is 11.7. The van der Waals surface area contributed by atoms with E-state index in [1.807, 2.05) is 32.0 Å². The molecule has 1 unspecified atom stereocenters. The van der Waals surface area contributed by atoms with Crippen LogP contribution in [-0.4, -0.2) is 29.5 Å². The maximum absolute atomic E-state index is 11.7. The highest BCUT2D eigenvalue weighted by molar-refractivity contribution is 6.00. The number of carbonyl (C=O) groups excluding carboxylic acids is 1. The summed E-state index contributed by atoms with van der Waals surface area (Å²) in [5.41, 5.74) is 2.12. The molecule has 1 rings (SSSR count). The molecule has 5 heteroatoms. The van der Waals surface area contributed by atoms with Crippen LogP contribution in [0.15, 0.2) is 23.4 Å². The number of amides is 1. The van der Waals surface area contributed by atoms with E-state index in [0.29, 0.717) is 23.6 Å². The van der Waals surface area contributed by atoms with E-state index >= 15 is 0 Å². The minimum atomic E-state index is -0.605. The quantitative estimate of drug-likeness (QED) is 0.486. The Morgan fingerprint density at radius 1 is 1.53 bits per heavy atom. The number of nitrogens with zero attached hydrogens (tertiary/aromatic N) is 1. The molecule has 0 aliphatic rings. The highest BCUT2D eigenvalue weighted by Crippen LogP contribution is 2.22. The van der Waals surface area contributed by atoms with Gasteiger partial charge in [-0.05, 0) is 45.4 Å². The Hall–Kier alpha value is -2.04. The summed E-state index contributed by atoms with van der Waals surface area (Å²) in [5, 5.41) is 14.7. The molecule has 104 valence electrons. The average molecular weight is 264 g/mol. The van der Waals surface area contributed by atoms with Crippen molar-refractivity contribution in [1.29, 1.82) is 0 Å². The summed E-state index contributed by atoms with van der Waals surface area (Å²) in [6, 6.07) is 5.53. The maximum Gasteiger partial charge on any atom is 0.260 e. The van der Waals surface area contributed by atoms with Crippen molar-refractivity contribution in [2.24, 2.45) is 5.16 Å². The molecule has 0 radical (unpaired) electrons. The van der Waals surface area contributed by atoms with E-state index in [0.717, 1.165) is 5.56 Å². The van der Waals surface area contributed by atoms with Crippen molar-refractivity contribution >= 4 is 11.6 Å². The van der Waals surface area contributed by atoms with Crippen molar-refractivity contribution in [3.8, 4) is 5.75 Å². The van der Waals surface area contributed by atoms with Crippen LogP contribution in [0, 0.1) is 6.92 Å². The zero-order valence-electron chi connectivity index (χ0n) is 11.7. The molecule has 0 saturated heterocycles. The van der Waals surface area contributed by atoms with Gasteiger partial charge in [0.15, 0.2) is 6.10 Å². The summed E-state index contributed by atoms with van der Waals surface area (Å²) in [4.78, 5) is 11.7. The normalized spacial score (nSPS) is 12.9. The molecule has 0 saturated carbocycles. The average Bonchev–Trinajstić information content (AvgIpc) is 2.38. The van der Waals surface area contributed by atoms with Gasteiger partial charge in [-0.3, -0.25) is 4.79 Å². The van der Waals surface area contributed by atoms with Crippen LogP contribution in [0.3, 0.4) is 0 Å². The molecule has 2 N–H and O–H groups in total. The lowest BCUT2D eigenvalue weighted by Crippen LogP contribution is -2.36. The van der Waals surface area contributed by atoms with E-state index in [1.54, 1.807) is 13.8 Å². The molecule has 0 spiro atoms. The van der Waals surface area contributed by atoms with Gasteiger partial charge in [0.1, 0.15) is 5.75 Å². The highest BCUT2D eigenvalue weighted by Gasteiger charge is 2.16. The second-order valence-electron chi connectivity index (χ2n) is 4.34. The zero-order chi connectivity index (χ0) is 14.4. The Morgan fingerprint density at radius 2 is 2.21 bits per heavy atom. The smallest absolute Gasteiger partial charge is 0.260 e. The second kappa shape index (κ2) is 6.78. The standard InChI is InChI=1S/C14H20N2O3/c1-5-15-14(17)11(4)19-13-8-9(2)6-7-12(13)10(3)16-18/h6-8,11,18H,5H2,1-4H3,(H,15,17). The van der Waals surface area contributed by atoms with Crippen molar-refractivity contribution < 1.29 is 14.7 Å². The van der Waals surface area contributed by atoms with Crippen LogP contribution in [0.5, 0.6) is 5.75 Å². The third kappa shape index (κ3) is 3.98. The number of hydrogen-bond acceptors (Lipinski definition) is 4. The van der Waals surface area contributed by atoms with Gasteiger partial charge in [0.2, 0.25) is 0 Å². The van der Waals surface area contributed by atoms with Gasteiger partial charge in [-0.1, -0.05) is 11.2 Å². The van der Waals surface area contributed by atoms with E-state index in [-0.39, 0.29) is 5.91 Å². The summed E-state index contributed by atoms with van der Waals surface area (Å²) in [6.07, 6.45) is -0.605. The van der Waals surface area contributed by atoms with Crippen LogP contribution in [0.25, 0.3) is 0 Å². The van der Waals surface area contributed by atoms with Crippen molar-refractivity contribution in [3.05, 3.63) is 29.3 Å². The predicted molar refractivity (Wildman–Crippen MR) is 74.0 cm³/mol. The molecule has 0 bridgehead atoms. The first-order chi connectivity index (χ1) is 8.99. The number of ether oxygens (including phenoxy) is 1. The highest BCUT2D eigenvalue weighted by atomic mass is 16.5. The summed E-state index contributed by atoms with van der Waals surface area (Å²) in [5.74, 6) is 0.364. The van der Waals surface area contributed by atoms with Crippen molar-refractivity contribution in [1.82, 2.24) is 5.32 Å². The van der Waals surface area contributed by atoms with Gasteiger partial charge in [-0.2, -0.15) is 0 Å². The molecular formula is C14H20N2O3. The number of likely N-dealkylation sites (N-methyl/N-ethyl adjacent to an activating group) is 1. The largest absolute Gasteiger partial charge is 0.480 e. The van der Waals surface area contributed by atoms with Crippen LogP contribution in [0.1, 0.15) is 31.9 Å². The monoisotopic (exact) mass is 264 g/mol. The van der Waals surface area contributed by atoms with Gasteiger partial charge in [0.05, 0.1) is 5.71 Å². The third-order valence-electron chi connectivity index (χ3n) is 2.70. The lowest BCUT2D eigenvalue weighted by Gasteiger charge is -2.17. The molecule has 0 heterocycles. The molecule has 0 aliphatic carbocycles. The molecule has 1 amide bonds. The minimum absolute atomic E-state index is 0.173. The number of carbonyl (C=O) groups is 1.